The van der Waals surface area contributed by atoms with Gasteiger partial charge < -0.3 is 4.74 Å². The maximum atomic E-state index is 10.9. The van der Waals surface area contributed by atoms with E-state index < -0.39 is 0 Å². The third-order valence-corrected chi connectivity index (χ3v) is 1.78. The Morgan fingerprint density at radius 2 is 1.92 bits per heavy atom. The van der Waals surface area contributed by atoms with Gasteiger partial charge in [0.2, 0.25) is 0 Å². The number of carbonyl (C=O) groups is 2. The molecule has 0 radical (unpaired) electrons. The highest BCUT2D eigenvalue weighted by Gasteiger charge is 2.23. The molecule has 0 saturated heterocycles. The molecule has 0 amide bonds. The highest BCUT2D eigenvalue weighted by Crippen LogP contribution is 2.24. The Morgan fingerprint density at radius 3 is 2.25 bits per heavy atom. The molecule has 0 fully saturated rings. The number of hydrogen-bond donors (Lipinski definition) is 0. The van der Waals surface area contributed by atoms with Crippen LogP contribution in [0.5, 0.6) is 0 Å². The molecule has 3 heteroatoms. The van der Waals surface area contributed by atoms with Crippen LogP contribution in [-0.2, 0) is 14.3 Å². The zero-order valence-electron chi connectivity index (χ0n) is 7.30. The lowest BCUT2D eigenvalue weighted by molar-refractivity contribution is -0.133. The maximum absolute atomic E-state index is 10.9. The first-order chi connectivity index (χ1) is 5.52. The van der Waals surface area contributed by atoms with Gasteiger partial charge in [0, 0.05) is 17.2 Å². The van der Waals surface area contributed by atoms with Crippen LogP contribution in [0, 0.1) is 0 Å². The van der Waals surface area contributed by atoms with E-state index in [0.29, 0.717) is 11.3 Å². The second-order valence-corrected chi connectivity index (χ2v) is 2.76. The topological polar surface area (TPSA) is 43.4 Å². The van der Waals surface area contributed by atoms with Crippen molar-refractivity contribution < 1.29 is 14.3 Å². The predicted molar refractivity (Wildman–Crippen MR) is 43.2 cm³/mol. The summed E-state index contributed by atoms with van der Waals surface area (Å²) < 4.78 is 4.82. The summed E-state index contributed by atoms with van der Waals surface area (Å²) in [5.74, 6) is -0.100. The summed E-state index contributed by atoms with van der Waals surface area (Å²) in [5.41, 5.74) is 1.32. The number of ether oxygens (including phenoxy) is 1. The molecule has 0 spiro atoms. The molecule has 1 heterocycles. The predicted octanol–water partition coefficient (Wildman–Crippen LogP) is 1.35. The van der Waals surface area contributed by atoms with E-state index in [9.17, 15) is 9.59 Å². The summed E-state index contributed by atoms with van der Waals surface area (Å²) in [5, 5.41) is 0. The quantitative estimate of drug-likeness (QED) is 0.436. The number of allylic oxidation sites excluding steroid dienone is 2. The summed E-state index contributed by atoms with van der Waals surface area (Å²) in [6.45, 7) is 4.86. The molecule has 1 aliphatic heterocycles. The van der Waals surface area contributed by atoms with Crippen LogP contribution in [0.4, 0.5) is 0 Å². The van der Waals surface area contributed by atoms with E-state index in [2.05, 4.69) is 0 Å². The first-order valence-corrected chi connectivity index (χ1v) is 3.64. The Balaban J connectivity index is 3.02. The average Bonchev–Trinajstić information content (AvgIpc) is 2.17. The van der Waals surface area contributed by atoms with Gasteiger partial charge in [0.1, 0.15) is 5.76 Å². The largest absolute Gasteiger partial charge is 0.423 e. The van der Waals surface area contributed by atoms with Crippen molar-refractivity contribution in [2.45, 2.75) is 20.8 Å². The number of hydrogen-bond acceptors (Lipinski definition) is 3. The molecular weight excluding hydrogens is 156 g/mol. The Hall–Kier alpha value is -1.38. The van der Waals surface area contributed by atoms with Gasteiger partial charge in [-0.2, -0.15) is 0 Å². The van der Waals surface area contributed by atoms with Gasteiger partial charge in [-0.3, -0.25) is 4.79 Å². The molecule has 3 nitrogen and oxygen atoms in total. The van der Waals surface area contributed by atoms with Gasteiger partial charge in [0.25, 0.3) is 0 Å². The van der Waals surface area contributed by atoms with E-state index in [4.69, 9.17) is 4.74 Å². The van der Waals surface area contributed by atoms with Gasteiger partial charge in [-0.1, -0.05) is 0 Å². The number of cyclic esters (lactones) is 1. The molecule has 1 aliphatic rings. The first-order valence-electron chi connectivity index (χ1n) is 3.64. The van der Waals surface area contributed by atoms with Gasteiger partial charge in [-0.05, 0) is 20.8 Å². The van der Waals surface area contributed by atoms with Crippen LogP contribution in [0.3, 0.4) is 0 Å². The van der Waals surface area contributed by atoms with Crippen LogP contribution >= 0.6 is 0 Å². The Kier molecular flexibility index (Phi) is 2.13. The number of esters is 1. The Morgan fingerprint density at radius 1 is 1.33 bits per heavy atom. The second-order valence-electron chi connectivity index (χ2n) is 2.76. The van der Waals surface area contributed by atoms with Crippen LogP contribution in [0.15, 0.2) is 23.0 Å². The van der Waals surface area contributed by atoms with Crippen molar-refractivity contribution in [3.8, 4) is 0 Å². The normalized spacial score (nSPS) is 20.2. The SMILES string of the molecule is CC(=O)C=C1OC(=O)C(C)=C1C. The first kappa shape index (κ1) is 8.71. The standard InChI is InChI=1S/C9H10O3/c1-5(10)4-8-6(2)7(3)9(11)12-8/h4H,1-3H3. The lowest BCUT2D eigenvalue weighted by atomic mass is 10.1. The van der Waals surface area contributed by atoms with Gasteiger partial charge in [0.05, 0.1) is 0 Å². The molecule has 64 valence electrons. The van der Waals surface area contributed by atoms with E-state index >= 15 is 0 Å². The van der Waals surface area contributed by atoms with E-state index in [-0.39, 0.29) is 11.8 Å². The van der Waals surface area contributed by atoms with E-state index in [1.807, 2.05) is 0 Å². The van der Waals surface area contributed by atoms with Crippen LogP contribution in [0.2, 0.25) is 0 Å². The minimum atomic E-state index is -0.361. The summed E-state index contributed by atoms with van der Waals surface area (Å²) in [6.07, 6.45) is 1.32. The monoisotopic (exact) mass is 166 g/mol. The van der Waals surface area contributed by atoms with Crippen molar-refractivity contribution in [1.82, 2.24) is 0 Å². The Bertz CT molecular complexity index is 308. The third-order valence-electron chi connectivity index (χ3n) is 1.78. The van der Waals surface area contributed by atoms with Crippen LogP contribution in [0.25, 0.3) is 0 Å². The summed E-state index contributed by atoms with van der Waals surface area (Å²) >= 11 is 0. The van der Waals surface area contributed by atoms with Gasteiger partial charge in [-0.25, -0.2) is 4.79 Å². The summed E-state index contributed by atoms with van der Waals surface area (Å²) in [6, 6.07) is 0. The molecule has 12 heavy (non-hydrogen) atoms. The fraction of sp³-hybridized carbons (Fsp3) is 0.333. The van der Waals surface area contributed by atoms with Crippen molar-refractivity contribution in [2.24, 2.45) is 0 Å². The average molecular weight is 166 g/mol. The van der Waals surface area contributed by atoms with Crippen molar-refractivity contribution in [1.29, 1.82) is 0 Å². The third kappa shape index (κ3) is 1.44. The summed E-state index contributed by atoms with van der Waals surface area (Å²) in [7, 11) is 0. The Labute approximate surface area is 70.7 Å². The van der Waals surface area contributed by atoms with Gasteiger partial charge in [-0.15, -0.1) is 0 Å². The molecule has 0 N–H and O–H groups in total. The molecule has 0 aromatic heterocycles. The molecule has 0 bridgehead atoms. The number of ketones is 1. The molecule has 0 atom stereocenters. The fourth-order valence-electron chi connectivity index (χ4n) is 0.913. The van der Waals surface area contributed by atoms with Crippen LogP contribution in [-0.4, -0.2) is 11.8 Å². The minimum absolute atomic E-state index is 0.119. The maximum Gasteiger partial charge on any atom is 0.339 e. The van der Waals surface area contributed by atoms with Crippen molar-refractivity contribution in [3.05, 3.63) is 23.0 Å². The molecule has 0 aromatic rings. The molecule has 0 aliphatic carbocycles. The zero-order valence-corrected chi connectivity index (χ0v) is 7.30. The fourth-order valence-corrected chi connectivity index (χ4v) is 0.913. The lowest BCUT2D eigenvalue weighted by Crippen LogP contribution is -1.96. The van der Waals surface area contributed by atoms with Crippen molar-refractivity contribution in [3.63, 3.8) is 0 Å². The smallest absolute Gasteiger partial charge is 0.339 e. The molecular formula is C9H10O3. The van der Waals surface area contributed by atoms with Gasteiger partial charge in [0.15, 0.2) is 5.78 Å². The summed E-state index contributed by atoms with van der Waals surface area (Å²) in [4.78, 5) is 21.6. The molecule has 0 aromatic carbocycles. The van der Waals surface area contributed by atoms with Crippen LogP contribution in [0.1, 0.15) is 20.8 Å². The molecule has 0 saturated carbocycles. The van der Waals surface area contributed by atoms with Crippen molar-refractivity contribution in [2.75, 3.05) is 0 Å². The van der Waals surface area contributed by atoms with Crippen LogP contribution < -0.4 is 0 Å². The minimum Gasteiger partial charge on any atom is -0.423 e. The lowest BCUT2D eigenvalue weighted by Gasteiger charge is -1.95. The van der Waals surface area contributed by atoms with Crippen molar-refractivity contribution >= 4 is 11.8 Å². The molecule has 0 unspecified atom stereocenters. The van der Waals surface area contributed by atoms with E-state index in [1.165, 1.54) is 13.0 Å². The molecule has 1 rings (SSSR count). The van der Waals surface area contributed by atoms with Gasteiger partial charge >= 0.3 is 5.97 Å². The zero-order chi connectivity index (χ0) is 9.30. The second kappa shape index (κ2) is 2.93. The highest BCUT2D eigenvalue weighted by atomic mass is 16.5. The number of carbonyl (C=O) groups excluding carboxylic acids is 2. The highest BCUT2D eigenvalue weighted by molar-refractivity contribution is 5.96. The number of rotatable bonds is 1. The van der Waals surface area contributed by atoms with E-state index in [0.717, 1.165) is 5.57 Å². The van der Waals surface area contributed by atoms with E-state index in [1.54, 1.807) is 13.8 Å².